The highest BCUT2D eigenvalue weighted by Crippen LogP contribution is 2.21. The molecule has 0 spiro atoms. The molecule has 1 atom stereocenters. The first-order valence-corrected chi connectivity index (χ1v) is 9.95. The maximum atomic E-state index is 14.1. The van der Waals surface area contributed by atoms with E-state index in [9.17, 15) is 18.4 Å². The molecule has 2 aromatic rings. The lowest BCUT2D eigenvalue weighted by molar-refractivity contribution is -0.140. The average molecular weight is 423 g/mol. The van der Waals surface area contributed by atoms with Crippen molar-refractivity contribution in [1.82, 2.24) is 10.2 Å². The summed E-state index contributed by atoms with van der Waals surface area (Å²) in [5.74, 6) is -1.71. The standard InChI is InChI=1S/C22H25ClF2N2O2/c1-3-4-12-26-22(29)15(2)27(14-16-8-10-17(24)11-9-16)21(28)13-18-19(23)6-5-7-20(18)25/h5-11,15H,3-4,12-14H2,1-2H3,(H,26,29)/t15-/m0/s1. The Balaban J connectivity index is 2.23. The van der Waals surface area contributed by atoms with E-state index in [0.29, 0.717) is 12.1 Å². The van der Waals surface area contributed by atoms with Crippen LogP contribution in [0.2, 0.25) is 5.02 Å². The summed E-state index contributed by atoms with van der Waals surface area (Å²) in [5.41, 5.74) is 0.745. The Hall–Kier alpha value is -2.47. The van der Waals surface area contributed by atoms with Crippen molar-refractivity contribution >= 4 is 23.4 Å². The third-order valence-corrected chi connectivity index (χ3v) is 5.01. The smallest absolute Gasteiger partial charge is 0.242 e. The molecule has 0 saturated carbocycles. The van der Waals surface area contributed by atoms with Crippen molar-refractivity contribution in [3.05, 3.63) is 70.2 Å². The first-order valence-electron chi connectivity index (χ1n) is 9.58. The SMILES string of the molecule is CCCCNC(=O)[C@H](C)N(Cc1ccc(F)cc1)C(=O)Cc1c(F)cccc1Cl. The summed E-state index contributed by atoms with van der Waals surface area (Å²) in [4.78, 5) is 26.9. The molecule has 2 rings (SSSR count). The molecule has 156 valence electrons. The van der Waals surface area contributed by atoms with Gasteiger partial charge in [-0.1, -0.05) is 43.1 Å². The van der Waals surface area contributed by atoms with Gasteiger partial charge in [0.2, 0.25) is 11.8 Å². The summed E-state index contributed by atoms with van der Waals surface area (Å²) >= 11 is 6.05. The number of amides is 2. The molecule has 0 fully saturated rings. The Morgan fingerprint density at radius 3 is 2.45 bits per heavy atom. The Morgan fingerprint density at radius 1 is 1.14 bits per heavy atom. The van der Waals surface area contributed by atoms with Gasteiger partial charge in [0.15, 0.2) is 0 Å². The van der Waals surface area contributed by atoms with E-state index in [1.807, 2.05) is 6.92 Å². The molecule has 0 aromatic heterocycles. The van der Waals surface area contributed by atoms with Gasteiger partial charge < -0.3 is 10.2 Å². The normalized spacial score (nSPS) is 11.8. The maximum Gasteiger partial charge on any atom is 0.242 e. The molecule has 0 saturated heterocycles. The Morgan fingerprint density at radius 2 is 1.83 bits per heavy atom. The van der Waals surface area contributed by atoms with E-state index in [1.54, 1.807) is 19.1 Å². The van der Waals surface area contributed by atoms with Crippen LogP contribution in [0, 0.1) is 11.6 Å². The summed E-state index contributed by atoms with van der Waals surface area (Å²) in [5, 5.41) is 2.96. The molecular weight excluding hydrogens is 398 g/mol. The van der Waals surface area contributed by atoms with Crippen molar-refractivity contribution < 1.29 is 18.4 Å². The van der Waals surface area contributed by atoms with Gasteiger partial charge in [-0.25, -0.2) is 8.78 Å². The highest BCUT2D eigenvalue weighted by atomic mass is 35.5. The summed E-state index contributed by atoms with van der Waals surface area (Å²) in [6, 6.07) is 9.11. The molecule has 0 heterocycles. The molecule has 0 bridgehead atoms. The minimum absolute atomic E-state index is 0.0851. The lowest BCUT2D eigenvalue weighted by Gasteiger charge is -2.29. The van der Waals surface area contributed by atoms with Crippen LogP contribution >= 0.6 is 11.6 Å². The number of carbonyl (C=O) groups excluding carboxylic acids is 2. The zero-order valence-electron chi connectivity index (χ0n) is 16.6. The monoisotopic (exact) mass is 422 g/mol. The summed E-state index contributed by atoms with van der Waals surface area (Å²) in [7, 11) is 0. The van der Waals surface area contributed by atoms with Crippen molar-refractivity contribution in [1.29, 1.82) is 0 Å². The molecule has 2 aromatic carbocycles. The number of unbranched alkanes of at least 4 members (excludes halogenated alkanes) is 1. The summed E-state index contributed by atoms with van der Waals surface area (Å²) in [6.45, 7) is 4.23. The van der Waals surface area contributed by atoms with Crippen LogP contribution in [0.3, 0.4) is 0 Å². The van der Waals surface area contributed by atoms with Gasteiger partial charge in [0.05, 0.1) is 6.42 Å². The lowest BCUT2D eigenvalue weighted by atomic mass is 10.1. The van der Waals surface area contributed by atoms with Crippen LogP contribution in [0.4, 0.5) is 8.78 Å². The van der Waals surface area contributed by atoms with Gasteiger partial charge in [0.1, 0.15) is 17.7 Å². The second-order valence-electron chi connectivity index (χ2n) is 6.85. The first kappa shape index (κ1) is 22.8. The molecule has 0 aliphatic rings. The van der Waals surface area contributed by atoms with Crippen molar-refractivity contribution in [3.8, 4) is 0 Å². The van der Waals surface area contributed by atoms with Gasteiger partial charge in [0, 0.05) is 23.7 Å². The molecule has 7 heteroatoms. The fraction of sp³-hybridized carbons (Fsp3) is 0.364. The number of halogens is 3. The molecular formula is C22H25ClF2N2O2. The van der Waals surface area contributed by atoms with Crippen LogP contribution in [-0.4, -0.2) is 29.3 Å². The van der Waals surface area contributed by atoms with Crippen molar-refractivity contribution in [3.63, 3.8) is 0 Å². The van der Waals surface area contributed by atoms with E-state index in [4.69, 9.17) is 11.6 Å². The van der Waals surface area contributed by atoms with Gasteiger partial charge in [-0.2, -0.15) is 0 Å². The van der Waals surface area contributed by atoms with Gasteiger partial charge in [0.25, 0.3) is 0 Å². The van der Waals surface area contributed by atoms with Crippen LogP contribution in [0.5, 0.6) is 0 Å². The van der Waals surface area contributed by atoms with Crippen LogP contribution in [0.15, 0.2) is 42.5 Å². The van der Waals surface area contributed by atoms with E-state index in [-0.39, 0.29) is 29.5 Å². The van der Waals surface area contributed by atoms with Gasteiger partial charge in [-0.3, -0.25) is 9.59 Å². The zero-order valence-corrected chi connectivity index (χ0v) is 17.3. The molecule has 0 radical (unpaired) electrons. The number of hydrogen-bond donors (Lipinski definition) is 1. The number of nitrogens with zero attached hydrogens (tertiary/aromatic N) is 1. The van der Waals surface area contributed by atoms with Crippen LogP contribution in [0.25, 0.3) is 0 Å². The number of rotatable bonds is 9. The lowest BCUT2D eigenvalue weighted by Crippen LogP contribution is -2.48. The number of nitrogens with one attached hydrogen (secondary N) is 1. The maximum absolute atomic E-state index is 14.1. The Bertz CT molecular complexity index is 823. The van der Waals surface area contributed by atoms with E-state index in [0.717, 1.165) is 12.8 Å². The average Bonchev–Trinajstić information content (AvgIpc) is 2.70. The molecule has 4 nitrogen and oxygen atoms in total. The number of hydrogen-bond acceptors (Lipinski definition) is 2. The van der Waals surface area contributed by atoms with Crippen LogP contribution in [-0.2, 0) is 22.6 Å². The van der Waals surface area contributed by atoms with Crippen molar-refractivity contribution in [2.24, 2.45) is 0 Å². The van der Waals surface area contributed by atoms with E-state index < -0.39 is 23.6 Å². The molecule has 29 heavy (non-hydrogen) atoms. The molecule has 2 amide bonds. The summed E-state index contributed by atoms with van der Waals surface area (Å²) < 4.78 is 27.4. The second-order valence-corrected chi connectivity index (χ2v) is 7.25. The van der Waals surface area contributed by atoms with Crippen LogP contribution < -0.4 is 5.32 Å². The van der Waals surface area contributed by atoms with E-state index in [2.05, 4.69) is 5.32 Å². The van der Waals surface area contributed by atoms with Gasteiger partial charge >= 0.3 is 0 Å². The highest BCUT2D eigenvalue weighted by Gasteiger charge is 2.27. The predicted molar refractivity (Wildman–Crippen MR) is 109 cm³/mol. The fourth-order valence-corrected chi connectivity index (χ4v) is 3.09. The third kappa shape index (κ3) is 6.53. The number of benzene rings is 2. The first-order chi connectivity index (χ1) is 13.8. The van der Waals surface area contributed by atoms with Gasteiger partial charge in [-0.15, -0.1) is 0 Å². The fourth-order valence-electron chi connectivity index (χ4n) is 2.86. The van der Waals surface area contributed by atoms with Crippen LogP contribution in [0.1, 0.15) is 37.8 Å². The zero-order chi connectivity index (χ0) is 21.4. The van der Waals surface area contributed by atoms with E-state index in [1.165, 1.54) is 35.2 Å². The predicted octanol–water partition coefficient (Wildman–Crippen LogP) is 4.49. The molecule has 0 aliphatic heterocycles. The molecule has 1 N–H and O–H groups in total. The largest absolute Gasteiger partial charge is 0.354 e. The highest BCUT2D eigenvalue weighted by molar-refractivity contribution is 6.31. The number of carbonyl (C=O) groups is 2. The van der Waals surface area contributed by atoms with Crippen molar-refractivity contribution in [2.75, 3.05) is 6.54 Å². The van der Waals surface area contributed by atoms with E-state index >= 15 is 0 Å². The topological polar surface area (TPSA) is 49.4 Å². The van der Waals surface area contributed by atoms with Crippen molar-refractivity contribution in [2.45, 2.75) is 45.7 Å². The minimum atomic E-state index is -0.782. The summed E-state index contributed by atoms with van der Waals surface area (Å²) in [6.07, 6.45) is 1.48. The quantitative estimate of drug-likeness (QED) is 0.605. The molecule has 0 aliphatic carbocycles. The second kappa shape index (κ2) is 10.9. The molecule has 0 unspecified atom stereocenters. The minimum Gasteiger partial charge on any atom is -0.354 e. The Kier molecular flexibility index (Phi) is 8.58. The Labute approximate surface area is 174 Å². The van der Waals surface area contributed by atoms with Gasteiger partial charge in [-0.05, 0) is 43.2 Å². The third-order valence-electron chi connectivity index (χ3n) is 4.65.